The smallest absolute Gasteiger partial charge is 0.338 e. The van der Waals surface area contributed by atoms with Gasteiger partial charge in [-0.25, -0.2) is 4.79 Å². The predicted octanol–water partition coefficient (Wildman–Crippen LogP) is 4.21. The zero-order chi connectivity index (χ0) is 25.4. The lowest BCUT2D eigenvalue weighted by atomic mass is 9.97. The largest absolute Gasteiger partial charge is 0.507 e. The monoisotopic (exact) mass is 484 g/mol. The number of rotatable bonds is 5. The second-order valence-corrected chi connectivity index (χ2v) is 8.85. The number of hydrogen-bond donors (Lipinski definition) is 1. The third kappa shape index (κ3) is 4.11. The van der Waals surface area contributed by atoms with Crippen molar-refractivity contribution in [3.63, 3.8) is 0 Å². The molecule has 0 bridgehead atoms. The topological polar surface area (TPSA) is 106 Å². The van der Waals surface area contributed by atoms with E-state index in [0.29, 0.717) is 35.5 Å². The number of hydrogen-bond acceptors (Lipinski definition) is 7. The fourth-order valence-electron chi connectivity index (χ4n) is 4.45. The van der Waals surface area contributed by atoms with Crippen molar-refractivity contribution < 1.29 is 29.0 Å². The van der Waals surface area contributed by atoms with Crippen LogP contribution in [0.2, 0.25) is 0 Å². The number of benzene rings is 2. The highest BCUT2D eigenvalue weighted by Gasteiger charge is 2.47. The van der Waals surface area contributed by atoms with Gasteiger partial charge in [-0.1, -0.05) is 6.07 Å². The number of aromatic nitrogens is 1. The van der Waals surface area contributed by atoms with Gasteiger partial charge < -0.3 is 14.6 Å². The highest BCUT2D eigenvalue weighted by molar-refractivity contribution is 6.51. The summed E-state index contributed by atoms with van der Waals surface area (Å²) in [6.45, 7) is 4.07. The molecule has 1 N–H and O–H groups in total. The first kappa shape index (κ1) is 23.3. The Morgan fingerprint density at radius 1 is 1.08 bits per heavy atom. The Morgan fingerprint density at radius 3 is 2.53 bits per heavy atom. The van der Waals surface area contributed by atoms with Gasteiger partial charge in [0.15, 0.2) is 0 Å². The molecule has 182 valence electrons. The van der Waals surface area contributed by atoms with Crippen molar-refractivity contribution in [1.29, 1.82) is 0 Å². The van der Waals surface area contributed by atoms with E-state index in [1.54, 1.807) is 68.6 Å². The number of nitrogens with zero attached hydrogens (tertiary/aromatic N) is 2. The average molecular weight is 485 g/mol. The van der Waals surface area contributed by atoms with E-state index in [9.17, 15) is 19.5 Å². The van der Waals surface area contributed by atoms with Crippen molar-refractivity contribution in [2.24, 2.45) is 0 Å². The fourth-order valence-corrected chi connectivity index (χ4v) is 4.45. The molecule has 5 rings (SSSR count). The Kier molecular flexibility index (Phi) is 6.01. The third-order valence-corrected chi connectivity index (χ3v) is 6.10. The molecule has 8 heteroatoms. The predicted molar refractivity (Wildman–Crippen MR) is 132 cm³/mol. The van der Waals surface area contributed by atoms with Crippen LogP contribution in [-0.2, 0) is 20.7 Å². The van der Waals surface area contributed by atoms with Crippen molar-refractivity contribution in [2.75, 3.05) is 11.5 Å². The molecule has 8 nitrogen and oxygen atoms in total. The molecule has 1 amide bonds. The van der Waals surface area contributed by atoms with Crippen LogP contribution in [0.25, 0.3) is 5.76 Å². The number of aliphatic hydroxyl groups is 1. The molecule has 1 aromatic heterocycles. The highest BCUT2D eigenvalue weighted by Crippen LogP contribution is 2.42. The summed E-state index contributed by atoms with van der Waals surface area (Å²) in [5.74, 6) is -1.64. The number of carbonyl (C=O) groups is 3. The summed E-state index contributed by atoms with van der Waals surface area (Å²) in [4.78, 5) is 44.5. The number of pyridine rings is 1. The van der Waals surface area contributed by atoms with Crippen molar-refractivity contribution in [3.05, 3.63) is 94.8 Å². The number of esters is 1. The van der Waals surface area contributed by atoms with Crippen LogP contribution in [0, 0.1) is 0 Å². The first-order valence-corrected chi connectivity index (χ1v) is 11.6. The molecule has 0 saturated carbocycles. The first-order valence-electron chi connectivity index (χ1n) is 11.6. The molecular weight excluding hydrogens is 460 g/mol. The Balaban J connectivity index is 1.60. The Morgan fingerprint density at radius 2 is 1.83 bits per heavy atom. The molecule has 0 radical (unpaired) electrons. The molecule has 3 aromatic rings. The first-order chi connectivity index (χ1) is 17.3. The summed E-state index contributed by atoms with van der Waals surface area (Å²) in [5.41, 5.74) is 2.41. The van der Waals surface area contributed by atoms with Gasteiger partial charge in [0, 0.05) is 23.9 Å². The minimum atomic E-state index is -0.954. The number of anilines is 1. The molecule has 0 aliphatic carbocycles. The van der Waals surface area contributed by atoms with E-state index >= 15 is 0 Å². The molecule has 1 atom stereocenters. The zero-order valence-electron chi connectivity index (χ0n) is 19.8. The number of fused-ring (bicyclic) bond motifs is 1. The number of ketones is 1. The molecule has 2 aliphatic heterocycles. The van der Waals surface area contributed by atoms with E-state index in [1.165, 1.54) is 17.0 Å². The maximum absolute atomic E-state index is 13.3. The fraction of sp³-hybridized carbons (Fsp3) is 0.214. The van der Waals surface area contributed by atoms with Gasteiger partial charge in [0.25, 0.3) is 11.7 Å². The summed E-state index contributed by atoms with van der Waals surface area (Å²) in [5, 5.41) is 11.3. The molecule has 2 aliphatic rings. The molecule has 2 aromatic carbocycles. The third-order valence-electron chi connectivity index (χ3n) is 6.10. The summed E-state index contributed by atoms with van der Waals surface area (Å²) >= 11 is 0. The Hall–Kier alpha value is -4.46. The summed E-state index contributed by atoms with van der Waals surface area (Å²) in [6, 6.07) is 15.6. The molecule has 1 saturated heterocycles. The summed E-state index contributed by atoms with van der Waals surface area (Å²) < 4.78 is 10.8. The van der Waals surface area contributed by atoms with Crippen LogP contribution >= 0.6 is 0 Å². The van der Waals surface area contributed by atoms with Gasteiger partial charge in [-0.3, -0.25) is 19.5 Å². The highest BCUT2D eigenvalue weighted by atomic mass is 16.5. The Labute approximate surface area is 207 Å². The SMILES string of the molecule is CC(C)OC(=O)c1ccc(N2C(=O)C(=O)/C(=C(\O)c3ccc4c(c3)CCO4)C2c2ccccn2)cc1. The van der Waals surface area contributed by atoms with Gasteiger partial charge >= 0.3 is 5.97 Å². The maximum atomic E-state index is 13.3. The molecule has 3 heterocycles. The average Bonchev–Trinajstić information content (AvgIpc) is 3.46. The Bertz CT molecular complexity index is 1380. The zero-order valence-corrected chi connectivity index (χ0v) is 19.8. The van der Waals surface area contributed by atoms with E-state index in [-0.39, 0.29) is 17.4 Å². The lowest BCUT2D eigenvalue weighted by Crippen LogP contribution is -2.29. The number of ether oxygens (including phenoxy) is 2. The summed E-state index contributed by atoms with van der Waals surface area (Å²) in [7, 11) is 0. The lowest BCUT2D eigenvalue weighted by Gasteiger charge is -2.24. The van der Waals surface area contributed by atoms with Gasteiger partial charge in [0.1, 0.15) is 17.6 Å². The van der Waals surface area contributed by atoms with E-state index in [4.69, 9.17) is 9.47 Å². The van der Waals surface area contributed by atoms with Gasteiger partial charge in [-0.2, -0.15) is 0 Å². The van der Waals surface area contributed by atoms with Crippen molar-refractivity contribution in [3.8, 4) is 5.75 Å². The number of amides is 1. The van der Waals surface area contributed by atoms with Gasteiger partial charge in [-0.15, -0.1) is 0 Å². The van der Waals surface area contributed by atoms with Crippen LogP contribution in [0.4, 0.5) is 5.69 Å². The summed E-state index contributed by atoms with van der Waals surface area (Å²) in [6.07, 6.45) is 1.98. The van der Waals surface area contributed by atoms with Crippen LogP contribution in [0.15, 0.2) is 72.4 Å². The second kappa shape index (κ2) is 9.30. The standard InChI is InChI=1S/C28H24N2O6/c1-16(2)36-28(34)17-6-9-20(10-7-17)30-24(21-5-3-4-13-29-21)23(26(32)27(30)33)25(31)19-8-11-22-18(15-19)12-14-35-22/h3-11,13,15-16,24,31H,12,14H2,1-2H3/b25-23-. The molecule has 36 heavy (non-hydrogen) atoms. The lowest BCUT2D eigenvalue weighted by molar-refractivity contribution is -0.132. The number of Topliss-reactive ketones (excluding diaryl/α,β-unsaturated/α-hetero) is 1. The van der Waals surface area contributed by atoms with Crippen LogP contribution in [-0.4, -0.2) is 40.5 Å². The van der Waals surface area contributed by atoms with E-state index in [0.717, 1.165) is 11.3 Å². The maximum Gasteiger partial charge on any atom is 0.338 e. The molecule has 1 unspecified atom stereocenters. The van der Waals surface area contributed by atoms with E-state index in [1.807, 2.05) is 0 Å². The minimum absolute atomic E-state index is 0.0548. The molecule has 1 fully saturated rings. The van der Waals surface area contributed by atoms with Gasteiger partial charge in [0.05, 0.1) is 29.5 Å². The molecule has 0 spiro atoms. The van der Waals surface area contributed by atoms with Crippen molar-refractivity contribution in [2.45, 2.75) is 32.4 Å². The molecular formula is C28H24N2O6. The van der Waals surface area contributed by atoms with Crippen LogP contribution < -0.4 is 9.64 Å². The van der Waals surface area contributed by atoms with Crippen molar-refractivity contribution in [1.82, 2.24) is 4.98 Å². The van der Waals surface area contributed by atoms with E-state index < -0.39 is 23.7 Å². The minimum Gasteiger partial charge on any atom is -0.507 e. The van der Waals surface area contributed by atoms with Gasteiger partial charge in [-0.05, 0) is 74.0 Å². The number of carbonyl (C=O) groups excluding carboxylic acids is 3. The van der Waals surface area contributed by atoms with Crippen LogP contribution in [0.3, 0.4) is 0 Å². The van der Waals surface area contributed by atoms with Gasteiger partial charge in [0.2, 0.25) is 0 Å². The quantitative estimate of drug-likeness (QED) is 0.250. The second-order valence-electron chi connectivity index (χ2n) is 8.85. The van der Waals surface area contributed by atoms with Crippen molar-refractivity contribution >= 4 is 29.1 Å². The van der Waals surface area contributed by atoms with E-state index in [2.05, 4.69) is 4.98 Å². The number of aliphatic hydroxyl groups excluding tert-OH is 1. The van der Waals surface area contributed by atoms with Crippen LogP contribution in [0.5, 0.6) is 5.75 Å². The van der Waals surface area contributed by atoms with Crippen LogP contribution in [0.1, 0.15) is 47.1 Å². The normalized spacial score (nSPS) is 18.3.